The lowest BCUT2D eigenvalue weighted by atomic mass is 9.97. The average Bonchev–Trinajstić information content (AvgIpc) is 3.42. The van der Waals surface area contributed by atoms with Gasteiger partial charge in [0.2, 0.25) is 5.90 Å². The molecule has 0 amide bonds. The van der Waals surface area contributed by atoms with Crippen molar-refractivity contribution in [1.29, 1.82) is 0 Å². The Bertz CT molecular complexity index is 1080. The second-order valence-electron chi connectivity index (χ2n) is 8.02. The lowest BCUT2D eigenvalue weighted by Gasteiger charge is -2.06. The molecule has 3 heterocycles. The van der Waals surface area contributed by atoms with E-state index in [9.17, 15) is 0 Å². The number of methoxy groups -OCH3 is 1. The van der Waals surface area contributed by atoms with Crippen molar-refractivity contribution >= 4 is 29.3 Å². The molecule has 0 radical (unpaired) electrons. The molecule has 0 unspecified atom stereocenters. The molecule has 0 aliphatic carbocycles. The van der Waals surface area contributed by atoms with Gasteiger partial charge < -0.3 is 9.72 Å². The number of rotatable bonds is 8. The van der Waals surface area contributed by atoms with Gasteiger partial charge in [0.05, 0.1) is 24.2 Å². The minimum absolute atomic E-state index is 0.739. The zero-order valence-corrected chi connectivity index (χ0v) is 21.3. The molecule has 0 atom stereocenters. The van der Waals surface area contributed by atoms with Crippen LogP contribution >= 0.6 is 11.6 Å². The summed E-state index contributed by atoms with van der Waals surface area (Å²) in [4.78, 5) is 13.3. The Hall–Kier alpha value is -2.33. The summed E-state index contributed by atoms with van der Waals surface area (Å²) < 4.78 is 5.56. The van der Waals surface area contributed by atoms with Crippen LogP contribution < -0.4 is 0 Å². The molecular weight excluding hydrogens is 418 g/mol. The van der Waals surface area contributed by atoms with Crippen molar-refractivity contribution < 1.29 is 4.74 Å². The first-order chi connectivity index (χ1) is 15.5. The van der Waals surface area contributed by atoms with Gasteiger partial charge >= 0.3 is 0 Å². The Morgan fingerprint density at radius 3 is 1.81 bits per heavy atom. The lowest BCUT2D eigenvalue weighted by molar-refractivity contribution is 0.403. The molecule has 32 heavy (non-hydrogen) atoms. The van der Waals surface area contributed by atoms with Crippen LogP contribution in [0.5, 0.6) is 0 Å². The van der Waals surface area contributed by atoms with Gasteiger partial charge in [-0.1, -0.05) is 53.1 Å². The maximum atomic E-state index is 6.50. The minimum Gasteiger partial charge on any atom is -0.481 e. The van der Waals surface area contributed by atoms with Gasteiger partial charge in [-0.15, -0.1) is 0 Å². The summed E-state index contributed by atoms with van der Waals surface area (Å²) in [5.74, 6) is 0.739. The number of hydrogen-bond acceptors (Lipinski definition) is 3. The first kappa shape index (κ1) is 24.3. The van der Waals surface area contributed by atoms with Crippen LogP contribution in [0.2, 0.25) is 5.15 Å². The van der Waals surface area contributed by atoms with Gasteiger partial charge in [0.1, 0.15) is 5.15 Å². The molecule has 2 aliphatic rings. The van der Waals surface area contributed by atoms with Crippen LogP contribution in [0.3, 0.4) is 0 Å². The van der Waals surface area contributed by atoms with E-state index in [-0.39, 0.29) is 0 Å². The highest BCUT2D eigenvalue weighted by atomic mass is 35.5. The van der Waals surface area contributed by atoms with Crippen molar-refractivity contribution in [1.82, 2.24) is 4.98 Å². The summed E-state index contributed by atoms with van der Waals surface area (Å²) in [6.45, 7) is 13.1. The van der Waals surface area contributed by atoms with E-state index in [4.69, 9.17) is 26.3 Å². The average molecular weight is 454 g/mol. The van der Waals surface area contributed by atoms with Crippen LogP contribution in [-0.2, 0) is 17.6 Å². The summed E-state index contributed by atoms with van der Waals surface area (Å²) in [5.41, 5.74) is 11.7. The summed E-state index contributed by atoms with van der Waals surface area (Å²) in [6.07, 6.45) is 9.89. The van der Waals surface area contributed by atoms with Crippen molar-refractivity contribution in [2.24, 2.45) is 9.98 Å². The fourth-order valence-corrected chi connectivity index (χ4v) is 5.25. The number of ether oxygens (including phenoxy) is 1. The fraction of sp³-hybridized carbons (Fsp3) is 0.481. The minimum atomic E-state index is 0.739. The highest BCUT2D eigenvalue weighted by Gasteiger charge is 2.26. The third kappa shape index (κ3) is 4.30. The van der Waals surface area contributed by atoms with Gasteiger partial charge in [0.25, 0.3) is 0 Å². The number of nitrogens with one attached hydrogen (secondary N) is 1. The van der Waals surface area contributed by atoms with Crippen LogP contribution in [-0.4, -0.2) is 23.7 Å². The SMILES string of the molecule is CCC1=C(CC)/C(=C/C2=NC(=C/c3[nH]c(Cl)c(CC)c3CC)/C(CC)=C2CC)N=C1OC. The Balaban J connectivity index is 2.13. The van der Waals surface area contributed by atoms with Crippen molar-refractivity contribution in [3.8, 4) is 0 Å². The molecule has 1 N–H and O–H groups in total. The number of aliphatic imine (C=N–C) groups is 2. The molecular formula is C27H36ClN3O. The molecule has 0 aromatic carbocycles. The Morgan fingerprint density at radius 1 is 0.719 bits per heavy atom. The lowest BCUT2D eigenvalue weighted by Crippen LogP contribution is -2.01. The van der Waals surface area contributed by atoms with Gasteiger partial charge in [-0.25, -0.2) is 9.98 Å². The predicted molar refractivity (Wildman–Crippen MR) is 138 cm³/mol. The van der Waals surface area contributed by atoms with E-state index in [0.717, 1.165) is 72.4 Å². The number of hydrogen-bond donors (Lipinski definition) is 1. The summed E-state index contributed by atoms with van der Waals surface area (Å²) in [6, 6.07) is 0. The molecule has 3 rings (SSSR count). The molecule has 5 heteroatoms. The van der Waals surface area contributed by atoms with Gasteiger partial charge in [0, 0.05) is 11.3 Å². The van der Waals surface area contributed by atoms with Gasteiger partial charge in [0.15, 0.2) is 0 Å². The quantitative estimate of drug-likeness (QED) is 0.429. The molecule has 172 valence electrons. The van der Waals surface area contributed by atoms with Gasteiger partial charge in [-0.05, 0) is 78.5 Å². The van der Waals surface area contributed by atoms with E-state index in [2.05, 4.69) is 58.7 Å². The van der Waals surface area contributed by atoms with E-state index < -0.39 is 0 Å². The molecule has 0 spiro atoms. The van der Waals surface area contributed by atoms with Crippen molar-refractivity contribution in [2.75, 3.05) is 7.11 Å². The normalized spacial score (nSPS) is 19.0. The Morgan fingerprint density at radius 2 is 1.28 bits per heavy atom. The van der Waals surface area contributed by atoms with Crippen LogP contribution in [0.15, 0.2) is 49.7 Å². The molecule has 0 fully saturated rings. The maximum absolute atomic E-state index is 6.50. The number of halogens is 1. The number of allylic oxidation sites excluding steroid dienone is 4. The Kier molecular flexibility index (Phi) is 8.00. The third-order valence-electron chi connectivity index (χ3n) is 6.45. The van der Waals surface area contributed by atoms with Crippen molar-refractivity contribution in [2.45, 2.75) is 80.1 Å². The molecule has 0 saturated carbocycles. The van der Waals surface area contributed by atoms with Crippen LogP contribution in [0.25, 0.3) is 6.08 Å². The molecule has 0 bridgehead atoms. The number of aromatic amines is 1. The van der Waals surface area contributed by atoms with Crippen LogP contribution in [0.1, 0.15) is 84.0 Å². The predicted octanol–water partition coefficient (Wildman–Crippen LogP) is 7.76. The van der Waals surface area contributed by atoms with Gasteiger partial charge in [-0.2, -0.15) is 0 Å². The first-order valence-electron chi connectivity index (χ1n) is 12.0. The molecule has 1 aromatic rings. The van der Waals surface area contributed by atoms with Gasteiger partial charge in [-0.3, -0.25) is 0 Å². The fourth-order valence-electron chi connectivity index (χ4n) is 4.90. The van der Waals surface area contributed by atoms with E-state index >= 15 is 0 Å². The second-order valence-corrected chi connectivity index (χ2v) is 8.40. The second kappa shape index (κ2) is 10.5. The van der Waals surface area contributed by atoms with Crippen LogP contribution in [0, 0.1) is 0 Å². The number of H-pyrrole nitrogens is 1. The topological polar surface area (TPSA) is 49.7 Å². The van der Waals surface area contributed by atoms with E-state index in [1.807, 2.05) is 0 Å². The Labute approximate surface area is 197 Å². The smallest absolute Gasteiger partial charge is 0.217 e. The largest absolute Gasteiger partial charge is 0.481 e. The molecule has 4 nitrogen and oxygen atoms in total. The number of nitrogens with zero attached hydrogens (tertiary/aromatic N) is 2. The first-order valence-corrected chi connectivity index (χ1v) is 12.3. The summed E-state index contributed by atoms with van der Waals surface area (Å²) >= 11 is 6.50. The summed E-state index contributed by atoms with van der Waals surface area (Å²) in [5, 5.41) is 0.746. The standard InChI is InChI=1S/C27H36ClN3O/c1-8-16-17(9-2)23(15-25-19(11-4)21(13-6)27(31-25)32-7)29-22(16)14-24-18(10-3)20(12-5)26(28)30-24/h14-15,30H,8-13H2,1-7H3/b22-14+,25-15-. The highest BCUT2D eigenvalue weighted by molar-refractivity contribution is 6.30. The molecule has 1 aromatic heterocycles. The van der Waals surface area contributed by atoms with Crippen LogP contribution in [0.4, 0.5) is 0 Å². The third-order valence-corrected chi connectivity index (χ3v) is 6.77. The van der Waals surface area contributed by atoms with E-state index in [0.29, 0.717) is 0 Å². The van der Waals surface area contributed by atoms with E-state index in [1.165, 1.54) is 33.4 Å². The summed E-state index contributed by atoms with van der Waals surface area (Å²) in [7, 11) is 1.70. The number of aromatic nitrogens is 1. The maximum Gasteiger partial charge on any atom is 0.217 e. The zero-order valence-electron chi connectivity index (χ0n) is 20.6. The highest BCUT2D eigenvalue weighted by Crippen LogP contribution is 2.36. The van der Waals surface area contributed by atoms with Crippen molar-refractivity contribution in [3.63, 3.8) is 0 Å². The molecule has 0 saturated heterocycles. The van der Waals surface area contributed by atoms with Crippen molar-refractivity contribution in [3.05, 3.63) is 61.7 Å². The zero-order chi connectivity index (χ0) is 23.4. The molecule has 2 aliphatic heterocycles. The van der Waals surface area contributed by atoms with E-state index in [1.54, 1.807) is 7.11 Å². The monoisotopic (exact) mass is 453 g/mol.